The van der Waals surface area contributed by atoms with Crippen LogP contribution in [0.3, 0.4) is 0 Å². The molecule has 23 heavy (non-hydrogen) atoms. The molecule has 1 N–H and O–H groups in total. The van der Waals surface area contributed by atoms with E-state index in [0.29, 0.717) is 5.02 Å². The van der Waals surface area contributed by atoms with Crippen molar-refractivity contribution in [3.8, 4) is 22.3 Å². The van der Waals surface area contributed by atoms with Crippen molar-refractivity contribution >= 4 is 34.1 Å². The fourth-order valence-corrected chi connectivity index (χ4v) is 3.11. The Morgan fingerprint density at radius 3 is 2.48 bits per heavy atom. The van der Waals surface area contributed by atoms with Gasteiger partial charge in [-0.25, -0.2) is 0 Å². The number of benzene rings is 2. The number of rotatable bonds is 2. The zero-order valence-corrected chi connectivity index (χ0v) is 13.6. The van der Waals surface area contributed by atoms with Gasteiger partial charge in [-0.15, -0.1) is 0 Å². The lowest BCUT2D eigenvalue weighted by Gasteiger charge is -2.05. The molecular weight excluding hydrogens is 327 g/mol. The average molecular weight is 339 g/mol. The van der Waals surface area contributed by atoms with Crippen LogP contribution in [-0.4, -0.2) is 9.97 Å². The number of halogens is 2. The highest BCUT2D eigenvalue weighted by Crippen LogP contribution is 2.32. The predicted molar refractivity (Wildman–Crippen MR) is 97.0 cm³/mol. The van der Waals surface area contributed by atoms with E-state index in [1.54, 1.807) is 0 Å². The molecule has 0 fully saturated rings. The summed E-state index contributed by atoms with van der Waals surface area (Å²) in [5, 5.41) is 2.52. The molecule has 2 nitrogen and oxygen atoms in total. The van der Waals surface area contributed by atoms with Gasteiger partial charge in [-0.2, -0.15) is 0 Å². The molecule has 4 aromatic rings. The lowest BCUT2D eigenvalue weighted by molar-refractivity contribution is 1.33. The molecule has 0 aliphatic carbocycles. The molecule has 0 bridgehead atoms. The van der Waals surface area contributed by atoms with Gasteiger partial charge >= 0.3 is 0 Å². The monoisotopic (exact) mass is 338 g/mol. The molecule has 0 saturated heterocycles. The summed E-state index contributed by atoms with van der Waals surface area (Å²) >= 11 is 12.2. The Morgan fingerprint density at radius 1 is 0.783 bits per heavy atom. The molecule has 0 aliphatic heterocycles. The molecule has 2 aromatic heterocycles. The van der Waals surface area contributed by atoms with Gasteiger partial charge in [0.15, 0.2) is 0 Å². The van der Waals surface area contributed by atoms with E-state index >= 15 is 0 Å². The number of aromatic amines is 1. The maximum absolute atomic E-state index is 6.14. The van der Waals surface area contributed by atoms with E-state index in [-0.39, 0.29) is 0 Å². The van der Waals surface area contributed by atoms with Crippen molar-refractivity contribution < 1.29 is 0 Å². The Balaban J connectivity index is 1.86. The highest BCUT2D eigenvalue weighted by atomic mass is 35.5. The molecule has 4 rings (SSSR count). The van der Waals surface area contributed by atoms with E-state index in [0.717, 1.165) is 38.2 Å². The largest absolute Gasteiger partial charge is 0.361 e. The standard InChI is InChI=1S/C19H12Cl2N2/c20-15-3-1-2-12(7-15)13-6-14(10-22-9-13)18-11-23-19-5-4-16(21)8-17(18)19/h1-11,23H. The van der Waals surface area contributed by atoms with E-state index in [4.69, 9.17) is 23.2 Å². The van der Waals surface area contributed by atoms with Gasteiger partial charge in [-0.3, -0.25) is 4.98 Å². The van der Waals surface area contributed by atoms with Crippen LogP contribution in [0, 0.1) is 0 Å². The van der Waals surface area contributed by atoms with Gasteiger partial charge in [0, 0.05) is 56.2 Å². The van der Waals surface area contributed by atoms with Crippen molar-refractivity contribution in [1.82, 2.24) is 9.97 Å². The van der Waals surface area contributed by atoms with Crippen LogP contribution in [0.25, 0.3) is 33.2 Å². The number of H-pyrrole nitrogens is 1. The van der Waals surface area contributed by atoms with E-state index in [1.165, 1.54) is 0 Å². The molecule has 0 saturated carbocycles. The van der Waals surface area contributed by atoms with Crippen LogP contribution in [0.15, 0.2) is 67.1 Å². The fourth-order valence-electron chi connectivity index (χ4n) is 2.74. The number of aromatic nitrogens is 2. The first-order chi connectivity index (χ1) is 11.2. The highest BCUT2D eigenvalue weighted by Gasteiger charge is 2.09. The van der Waals surface area contributed by atoms with Crippen LogP contribution in [0.4, 0.5) is 0 Å². The Bertz CT molecular complexity index is 1010. The Morgan fingerprint density at radius 2 is 1.61 bits per heavy atom. The maximum atomic E-state index is 6.14. The minimum Gasteiger partial charge on any atom is -0.361 e. The number of fused-ring (bicyclic) bond motifs is 1. The first-order valence-electron chi connectivity index (χ1n) is 7.19. The third-order valence-corrected chi connectivity index (χ3v) is 4.32. The number of nitrogens with one attached hydrogen (secondary N) is 1. The summed E-state index contributed by atoms with van der Waals surface area (Å²) in [4.78, 5) is 7.66. The summed E-state index contributed by atoms with van der Waals surface area (Å²) in [7, 11) is 0. The second kappa shape index (κ2) is 5.73. The van der Waals surface area contributed by atoms with Crippen LogP contribution in [-0.2, 0) is 0 Å². The van der Waals surface area contributed by atoms with Crippen molar-refractivity contribution in [2.24, 2.45) is 0 Å². The quantitative estimate of drug-likeness (QED) is 0.462. The Hall–Kier alpha value is -2.29. The molecule has 0 atom stereocenters. The van der Waals surface area contributed by atoms with Crippen molar-refractivity contribution in [2.45, 2.75) is 0 Å². The van der Waals surface area contributed by atoms with Crippen LogP contribution in [0.2, 0.25) is 10.0 Å². The smallest absolute Gasteiger partial charge is 0.0461 e. The van der Waals surface area contributed by atoms with Gasteiger partial charge in [-0.05, 0) is 42.0 Å². The molecule has 0 amide bonds. The lowest BCUT2D eigenvalue weighted by atomic mass is 10.0. The summed E-state index contributed by atoms with van der Waals surface area (Å²) in [6, 6.07) is 15.7. The number of nitrogens with zero attached hydrogens (tertiary/aromatic N) is 1. The van der Waals surface area contributed by atoms with Gasteiger partial charge in [-0.1, -0.05) is 35.3 Å². The molecule has 0 radical (unpaired) electrons. The molecule has 0 unspecified atom stereocenters. The van der Waals surface area contributed by atoms with E-state index in [9.17, 15) is 0 Å². The third-order valence-electron chi connectivity index (χ3n) is 3.85. The zero-order chi connectivity index (χ0) is 15.8. The maximum Gasteiger partial charge on any atom is 0.0461 e. The minimum absolute atomic E-state index is 0.715. The minimum atomic E-state index is 0.715. The molecule has 2 aromatic carbocycles. The third kappa shape index (κ3) is 2.72. The van der Waals surface area contributed by atoms with E-state index in [2.05, 4.69) is 16.0 Å². The van der Waals surface area contributed by atoms with Crippen LogP contribution < -0.4 is 0 Å². The van der Waals surface area contributed by atoms with Crippen molar-refractivity contribution in [2.75, 3.05) is 0 Å². The van der Waals surface area contributed by atoms with E-state index < -0.39 is 0 Å². The number of hydrogen-bond acceptors (Lipinski definition) is 1. The molecular formula is C19H12Cl2N2. The normalized spacial score (nSPS) is 11.0. The van der Waals surface area contributed by atoms with Crippen LogP contribution in [0.5, 0.6) is 0 Å². The summed E-state index contributed by atoms with van der Waals surface area (Å²) in [5.74, 6) is 0. The van der Waals surface area contributed by atoms with Gasteiger partial charge < -0.3 is 4.98 Å². The molecule has 112 valence electrons. The summed E-state index contributed by atoms with van der Waals surface area (Å²) in [6.07, 6.45) is 5.69. The Kier molecular flexibility index (Phi) is 3.56. The summed E-state index contributed by atoms with van der Waals surface area (Å²) in [5.41, 5.74) is 5.25. The molecule has 2 heterocycles. The number of hydrogen-bond donors (Lipinski definition) is 1. The molecule has 0 spiro atoms. The number of pyridine rings is 1. The SMILES string of the molecule is Clc1cccc(-c2cncc(-c3c[nH]c4ccc(Cl)cc34)c2)c1. The average Bonchev–Trinajstić information content (AvgIpc) is 2.98. The molecule has 0 aliphatic rings. The van der Waals surface area contributed by atoms with Gasteiger partial charge in [0.25, 0.3) is 0 Å². The van der Waals surface area contributed by atoms with Gasteiger partial charge in [0.2, 0.25) is 0 Å². The van der Waals surface area contributed by atoms with Crippen molar-refractivity contribution in [3.63, 3.8) is 0 Å². The summed E-state index contributed by atoms with van der Waals surface area (Å²) in [6.45, 7) is 0. The van der Waals surface area contributed by atoms with Crippen molar-refractivity contribution in [3.05, 3.63) is 77.2 Å². The first-order valence-corrected chi connectivity index (χ1v) is 7.94. The Labute approximate surface area is 143 Å². The van der Waals surface area contributed by atoms with Gasteiger partial charge in [0.05, 0.1) is 0 Å². The highest BCUT2D eigenvalue weighted by molar-refractivity contribution is 6.31. The summed E-state index contributed by atoms with van der Waals surface area (Å²) < 4.78 is 0. The predicted octanol–water partition coefficient (Wildman–Crippen LogP) is 6.20. The topological polar surface area (TPSA) is 28.7 Å². The first kappa shape index (κ1) is 14.3. The van der Waals surface area contributed by atoms with Gasteiger partial charge in [0.1, 0.15) is 0 Å². The molecule has 4 heteroatoms. The van der Waals surface area contributed by atoms with Crippen LogP contribution >= 0.6 is 23.2 Å². The second-order valence-corrected chi connectivity index (χ2v) is 6.24. The zero-order valence-electron chi connectivity index (χ0n) is 12.1. The van der Waals surface area contributed by atoms with E-state index in [1.807, 2.05) is 61.1 Å². The van der Waals surface area contributed by atoms with Crippen molar-refractivity contribution in [1.29, 1.82) is 0 Å². The second-order valence-electron chi connectivity index (χ2n) is 5.36. The fraction of sp³-hybridized carbons (Fsp3) is 0. The van der Waals surface area contributed by atoms with Crippen LogP contribution in [0.1, 0.15) is 0 Å². The lowest BCUT2D eigenvalue weighted by Crippen LogP contribution is -1.83.